The van der Waals surface area contributed by atoms with Crippen molar-refractivity contribution in [1.82, 2.24) is 10.3 Å². The first kappa shape index (κ1) is 17.7. The van der Waals surface area contributed by atoms with E-state index in [1.165, 1.54) is 0 Å². The van der Waals surface area contributed by atoms with Crippen LogP contribution in [0.5, 0.6) is 0 Å². The van der Waals surface area contributed by atoms with E-state index in [-0.39, 0.29) is 24.7 Å². The Morgan fingerprint density at radius 2 is 2.00 bits per heavy atom. The molecule has 0 saturated carbocycles. The molecule has 0 aliphatic heterocycles. The molecule has 1 atom stereocenters. The molecule has 0 fully saturated rings. The quantitative estimate of drug-likeness (QED) is 0.776. The van der Waals surface area contributed by atoms with E-state index in [0.717, 1.165) is 17.0 Å². The molecule has 6 heteroatoms. The molecule has 2 N–H and O–H groups in total. The van der Waals surface area contributed by atoms with E-state index in [2.05, 4.69) is 10.3 Å². The summed E-state index contributed by atoms with van der Waals surface area (Å²) in [5.74, 6) is 0.158. The third-order valence-corrected chi connectivity index (χ3v) is 3.61. The topological polar surface area (TPSA) is 92.4 Å². The van der Waals surface area contributed by atoms with Gasteiger partial charge in [-0.1, -0.05) is 37.3 Å². The molecule has 0 spiro atoms. The van der Waals surface area contributed by atoms with Crippen LogP contribution in [0.3, 0.4) is 0 Å². The molecule has 24 heavy (non-hydrogen) atoms. The summed E-state index contributed by atoms with van der Waals surface area (Å²) < 4.78 is 5.76. The maximum absolute atomic E-state index is 11.8. The van der Waals surface area contributed by atoms with Crippen molar-refractivity contribution < 1.29 is 19.1 Å². The zero-order valence-electron chi connectivity index (χ0n) is 13.9. The number of nitrogens with zero attached hydrogens (tertiary/aromatic N) is 1. The fourth-order valence-corrected chi connectivity index (χ4v) is 2.38. The summed E-state index contributed by atoms with van der Waals surface area (Å²) in [6.07, 6.45) is 0.709. The molecule has 1 aromatic heterocycles. The lowest BCUT2D eigenvalue weighted by Gasteiger charge is -2.09. The number of hydrogen-bond donors (Lipinski definition) is 2. The van der Waals surface area contributed by atoms with Crippen molar-refractivity contribution in [3.05, 3.63) is 41.9 Å². The average Bonchev–Trinajstić information content (AvgIpc) is 2.92. The third-order valence-electron chi connectivity index (χ3n) is 3.61. The van der Waals surface area contributed by atoms with E-state index in [0.29, 0.717) is 18.9 Å². The third kappa shape index (κ3) is 5.22. The molecule has 2 rings (SSSR count). The van der Waals surface area contributed by atoms with Crippen LogP contribution in [-0.2, 0) is 16.0 Å². The predicted molar refractivity (Wildman–Crippen MR) is 89.4 cm³/mol. The van der Waals surface area contributed by atoms with Crippen LogP contribution in [0.4, 0.5) is 0 Å². The fraction of sp³-hybridized carbons (Fsp3) is 0.389. The summed E-state index contributed by atoms with van der Waals surface area (Å²) in [6, 6.07) is 9.71. The molecular weight excluding hydrogens is 308 g/mol. The fourth-order valence-electron chi connectivity index (χ4n) is 2.38. The van der Waals surface area contributed by atoms with Crippen molar-refractivity contribution in [2.75, 3.05) is 6.54 Å². The number of aryl methyl sites for hydroxylation is 2. The average molecular weight is 330 g/mol. The zero-order chi connectivity index (χ0) is 17.5. The maximum Gasteiger partial charge on any atom is 0.303 e. The number of benzene rings is 1. The highest BCUT2D eigenvalue weighted by molar-refractivity contribution is 5.76. The van der Waals surface area contributed by atoms with Crippen LogP contribution < -0.4 is 5.32 Å². The van der Waals surface area contributed by atoms with Crippen molar-refractivity contribution in [2.45, 2.75) is 33.1 Å². The highest BCUT2D eigenvalue weighted by Gasteiger charge is 2.14. The van der Waals surface area contributed by atoms with Gasteiger partial charge >= 0.3 is 5.97 Å². The van der Waals surface area contributed by atoms with Crippen LogP contribution in [0.25, 0.3) is 11.3 Å². The number of carbonyl (C=O) groups excluding carboxylic acids is 1. The summed E-state index contributed by atoms with van der Waals surface area (Å²) in [4.78, 5) is 26.8. The molecule has 1 amide bonds. The van der Waals surface area contributed by atoms with E-state index < -0.39 is 5.97 Å². The Balaban J connectivity index is 1.84. The second-order valence-electron chi connectivity index (χ2n) is 5.90. The van der Waals surface area contributed by atoms with Gasteiger partial charge in [0, 0.05) is 31.4 Å². The van der Waals surface area contributed by atoms with Crippen molar-refractivity contribution in [1.29, 1.82) is 0 Å². The number of rotatable bonds is 8. The molecule has 1 heterocycles. The first-order chi connectivity index (χ1) is 11.5. The molecule has 2 aromatic rings. The molecule has 6 nitrogen and oxygen atoms in total. The second kappa shape index (κ2) is 8.29. The molecule has 1 unspecified atom stereocenters. The van der Waals surface area contributed by atoms with Crippen LogP contribution in [-0.4, -0.2) is 28.5 Å². The normalized spacial score (nSPS) is 11.9. The highest BCUT2D eigenvalue weighted by Crippen LogP contribution is 2.24. The van der Waals surface area contributed by atoms with E-state index >= 15 is 0 Å². The predicted octanol–water partition coefficient (Wildman–Crippen LogP) is 2.81. The Kier molecular flexibility index (Phi) is 6.12. The maximum atomic E-state index is 11.8. The first-order valence-corrected chi connectivity index (χ1v) is 7.96. The molecule has 1 aromatic carbocycles. The minimum Gasteiger partial charge on any atom is -0.481 e. The molecule has 0 radical (unpaired) electrons. The Morgan fingerprint density at radius 3 is 2.67 bits per heavy atom. The molecular formula is C18H22N2O4. The number of carbonyl (C=O) groups is 2. The molecule has 0 bridgehead atoms. The van der Waals surface area contributed by atoms with Crippen molar-refractivity contribution in [3.8, 4) is 11.3 Å². The lowest BCUT2D eigenvalue weighted by atomic mass is 10.1. The van der Waals surface area contributed by atoms with Gasteiger partial charge in [-0.25, -0.2) is 4.98 Å². The molecule has 0 aliphatic carbocycles. The van der Waals surface area contributed by atoms with Gasteiger partial charge in [0.05, 0.1) is 5.69 Å². The van der Waals surface area contributed by atoms with Gasteiger partial charge in [-0.3, -0.25) is 9.59 Å². The number of aromatic nitrogens is 1. The van der Waals surface area contributed by atoms with Crippen molar-refractivity contribution >= 4 is 11.9 Å². The molecule has 0 saturated heterocycles. The smallest absolute Gasteiger partial charge is 0.303 e. The van der Waals surface area contributed by atoms with Gasteiger partial charge in [0.2, 0.25) is 5.91 Å². The monoisotopic (exact) mass is 330 g/mol. The summed E-state index contributed by atoms with van der Waals surface area (Å²) in [6.45, 7) is 4.02. The Morgan fingerprint density at radius 1 is 1.29 bits per heavy atom. The Labute approximate surface area is 140 Å². The van der Waals surface area contributed by atoms with Gasteiger partial charge < -0.3 is 14.8 Å². The Hall–Kier alpha value is -2.63. The van der Waals surface area contributed by atoms with E-state index in [9.17, 15) is 9.59 Å². The number of carboxylic acid groups (broad SMARTS) is 1. The molecule has 128 valence electrons. The summed E-state index contributed by atoms with van der Waals surface area (Å²) in [7, 11) is 0. The second-order valence-corrected chi connectivity index (χ2v) is 5.90. The van der Waals surface area contributed by atoms with Crippen LogP contribution in [0.1, 0.15) is 31.4 Å². The largest absolute Gasteiger partial charge is 0.481 e. The van der Waals surface area contributed by atoms with E-state index in [1.54, 1.807) is 6.92 Å². The van der Waals surface area contributed by atoms with Gasteiger partial charge in [-0.2, -0.15) is 0 Å². The van der Waals surface area contributed by atoms with Gasteiger partial charge in [-0.15, -0.1) is 0 Å². The minimum absolute atomic E-state index is 0.0413. The van der Waals surface area contributed by atoms with Crippen LogP contribution >= 0.6 is 0 Å². The van der Waals surface area contributed by atoms with Gasteiger partial charge in [0.1, 0.15) is 0 Å². The number of aliphatic carboxylic acids is 1. The number of hydrogen-bond acceptors (Lipinski definition) is 4. The van der Waals surface area contributed by atoms with Crippen LogP contribution in [0.15, 0.2) is 34.7 Å². The number of nitrogens with one attached hydrogen (secondary N) is 1. The summed E-state index contributed by atoms with van der Waals surface area (Å²) in [5, 5.41) is 11.4. The minimum atomic E-state index is -0.861. The lowest BCUT2D eigenvalue weighted by Crippen LogP contribution is -2.29. The molecule has 0 aliphatic rings. The SMILES string of the molecule is Cc1nc(CCC(=O)NCC(C)CC(=O)O)oc1-c1ccccc1. The number of oxazole rings is 1. The summed E-state index contributed by atoms with van der Waals surface area (Å²) in [5.41, 5.74) is 1.76. The number of carboxylic acids is 1. The van der Waals surface area contributed by atoms with Crippen LogP contribution in [0.2, 0.25) is 0 Å². The van der Waals surface area contributed by atoms with E-state index in [4.69, 9.17) is 9.52 Å². The Bertz CT molecular complexity index is 694. The van der Waals surface area contributed by atoms with E-state index in [1.807, 2.05) is 37.3 Å². The van der Waals surface area contributed by atoms with Gasteiger partial charge in [-0.05, 0) is 12.8 Å². The number of amides is 1. The van der Waals surface area contributed by atoms with Crippen molar-refractivity contribution in [3.63, 3.8) is 0 Å². The van der Waals surface area contributed by atoms with Gasteiger partial charge in [0.15, 0.2) is 11.7 Å². The lowest BCUT2D eigenvalue weighted by molar-refractivity contribution is -0.138. The zero-order valence-corrected chi connectivity index (χ0v) is 13.9. The van der Waals surface area contributed by atoms with Gasteiger partial charge in [0.25, 0.3) is 0 Å². The van der Waals surface area contributed by atoms with Crippen LogP contribution in [0, 0.1) is 12.8 Å². The highest BCUT2D eigenvalue weighted by atomic mass is 16.4. The first-order valence-electron chi connectivity index (χ1n) is 7.96. The standard InChI is InChI=1S/C18H22N2O4/c1-12(10-17(22)23)11-19-15(21)8-9-16-20-13(2)18(24-16)14-6-4-3-5-7-14/h3-7,12H,8-11H2,1-2H3,(H,19,21)(H,22,23). The summed E-state index contributed by atoms with van der Waals surface area (Å²) >= 11 is 0. The van der Waals surface area contributed by atoms with Crippen molar-refractivity contribution in [2.24, 2.45) is 5.92 Å².